The lowest BCUT2D eigenvalue weighted by molar-refractivity contribution is 0.0686. The first-order valence-corrected chi connectivity index (χ1v) is 6.82. The summed E-state index contributed by atoms with van der Waals surface area (Å²) < 4.78 is 3.74. The van der Waals surface area contributed by atoms with Crippen LogP contribution >= 0.6 is 11.5 Å². The van der Waals surface area contributed by atoms with E-state index in [1.54, 1.807) is 6.20 Å². The van der Waals surface area contributed by atoms with Crippen molar-refractivity contribution in [2.24, 2.45) is 0 Å². The third kappa shape index (κ3) is 2.07. The van der Waals surface area contributed by atoms with Crippen LogP contribution in [0.15, 0.2) is 6.20 Å². The Kier molecular flexibility index (Phi) is 2.84. The minimum Gasteiger partial charge on any atom is -0.338 e. The van der Waals surface area contributed by atoms with Gasteiger partial charge in [-0.05, 0) is 37.2 Å². The van der Waals surface area contributed by atoms with Gasteiger partial charge >= 0.3 is 0 Å². The van der Waals surface area contributed by atoms with Gasteiger partial charge in [0.2, 0.25) is 0 Å². The predicted octanol–water partition coefficient (Wildman–Crippen LogP) is 0.893. The van der Waals surface area contributed by atoms with Crippen LogP contribution in [0.25, 0.3) is 0 Å². The molecule has 3 heterocycles. The maximum absolute atomic E-state index is 12.2. The van der Waals surface area contributed by atoms with Gasteiger partial charge in [-0.2, -0.15) is 0 Å². The number of hydrogen-bond acceptors (Lipinski definition) is 5. The van der Waals surface area contributed by atoms with Crippen LogP contribution in [0.1, 0.15) is 35.4 Å². The van der Waals surface area contributed by atoms with Gasteiger partial charge in [0, 0.05) is 25.2 Å². The quantitative estimate of drug-likeness (QED) is 0.849. The summed E-state index contributed by atoms with van der Waals surface area (Å²) in [4.78, 5) is 14.7. The monoisotopic (exact) mass is 252 g/mol. The lowest BCUT2D eigenvalue weighted by Gasteiger charge is -2.35. The molecule has 17 heavy (non-hydrogen) atoms. The largest absolute Gasteiger partial charge is 0.338 e. The Hall–Kier alpha value is -1.01. The van der Waals surface area contributed by atoms with Crippen molar-refractivity contribution in [3.8, 4) is 0 Å². The van der Waals surface area contributed by atoms with Crippen molar-refractivity contribution in [1.82, 2.24) is 19.8 Å². The molecular formula is C11H16N4OS. The molecule has 0 aromatic carbocycles. The van der Waals surface area contributed by atoms with Gasteiger partial charge < -0.3 is 10.2 Å². The molecule has 2 fully saturated rings. The maximum Gasteiger partial charge on any atom is 0.267 e. The topological polar surface area (TPSA) is 58.1 Å². The first-order chi connectivity index (χ1) is 8.24. The van der Waals surface area contributed by atoms with Crippen molar-refractivity contribution >= 4 is 17.4 Å². The van der Waals surface area contributed by atoms with Gasteiger partial charge in [-0.3, -0.25) is 4.79 Å². The highest BCUT2D eigenvalue weighted by atomic mass is 32.1. The van der Waals surface area contributed by atoms with Crippen LogP contribution in [0.4, 0.5) is 0 Å². The van der Waals surface area contributed by atoms with Gasteiger partial charge in [0.15, 0.2) is 0 Å². The summed E-state index contributed by atoms with van der Waals surface area (Å²) in [6.45, 7) is 0. The number of nitrogens with zero attached hydrogens (tertiary/aromatic N) is 3. The van der Waals surface area contributed by atoms with Gasteiger partial charge in [0.05, 0.1) is 6.20 Å². The fourth-order valence-corrected chi connectivity index (χ4v) is 3.44. The highest BCUT2D eigenvalue weighted by molar-refractivity contribution is 7.07. The van der Waals surface area contributed by atoms with E-state index in [0.717, 1.165) is 12.8 Å². The van der Waals surface area contributed by atoms with Gasteiger partial charge in [0.25, 0.3) is 5.91 Å². The molecule has 6 heteroatoms. The molecule has 2 aliphatic rings. The average molecular weight is 252 g/mol. The van der Waals surface area contributed by atoms with Gasteiger partial charge in [0.1, 0.15) is 4.88 Å². The number of rotatable bonds is 2. The van der Waals surface area contributed by atoms with Crippen LogP contribution < -0.4 is 5.32 Å². The fraction of sp³-hybridized carbons (Fsp3) is 0.727. The first kappa shape index (κ1) is 11.1. The number of hydrogen-bond donors (Lipinski definition) is 1. The smallest absolute Gasteiger partial charge is 0.267 e. The number of nitrogens with one attached hydrogen (secondary N) is 1. The van der Waals surface area contributed by atoms with Crippen LogP contribution in [0, 0.1) is 0 Å². The SMILES string of the molecule is CN(C(=O)c1cnns1)C1CC2CCC(C1)N2. The Labute approximate surface area is 104 Å². The van der Waals surface area contributed by atoms with Crippen molar-refractivity contribution in [2.45, 2.75) is 43.8 Å². The first-order valence-electron chi connectivity index (χ1n) is 6.04. The fourth-order valence-electron chi connectivity index (χ4n) is 2.94. The lowest BCUT2D eigenvalue weighted by atomic mass is 9.98. The summed E-state index contributed by atoms with van der Waals surface area (Å²) >= 11 is 1.17. The second kappa shape index (κ2) is 4.34. The zero-order valence-corrected chi connectivity index (χ0v) is 10.6. The predicted molar refractivity (Wildman–Crippen MR) is 65.0 cm³/mol. The minimum atomic E-state index is 0.0614. The van der Waals surface area contributed by atoms with Crippen LogP contribution in [0.5, 0.6) is 0 Å². The third-order valence-electron chi connectivity index (χ3n) is 3.89. The van der Waals surface area contributed by atoms with Crippen LogP contribution in [-0.4, -0.2) is 45.6 Å². The van der Waals surface area contributed by atoms with E-state index in [1.807, 2.05) is 11.9 Å². The average Bonchev–Trinajstić information content (AvgIpc) is 2.97. The highest BCUT2D eigenvalue weighted by Crippen LogP contribution is 2.29. The molecule has 92 valence electrons. The zero-order valence-electron chi connectivity index (χ0n) is 9.80. The number of aromatic nitrogens is 2. The van der Waals surface area contributed by atoms with Crippen molar-refractivity contribution in [1.29, 1.82) is 0 Å². The minimum absolute atomic E-state index is 0.0614. The van der Waals surface area contributed by atoms with Crippen LogP contribution in [0.3, 0.4) is 0 Å². The van der Waals surface area contributed by atoms with Gasteiger partial charge in [-0.25, -0.2) is 0 Å². The molecule has 1 amide bonds. The molecule has 2 bridgehead atoms. The molecule has 1 N–H and O–H groups in total. The van der Waals surface area contributed by atoms with E-state index in [0.29, 0.717) is 23.0 Å². The molecular weight excluding hydrogens is 236 g/mol. The van der Waals surface area contributed by atoms with Crippen molar-refractivity contribution in [3.05, 3.63) is 11.1 Å². The maximum atomic E-state index is 12.2. The number of fused-ring (bicyclic) bond motifs is 2. The Morgan fingerprint density at radius 3 is 2.76 bits per heavy atom. The van der Waals surface area contributed by atoms with Crippen molar-refractivity contribution in [3.63, 3.8) is 0 Å². The molecule has 2 saturated heterocycles. The third-order valence-corrected chi connectivity index (χ3v) is 4.54. The molecule has 0 radical (unpaired) electrons. The molecule has 2 unspecified atom stereocenters. The zero-order chi connectivity index (χ0) is 11.8. The molecule has 3 rings (SSSR count). The van der Waals surface area contributed by atoms with E-state index in [-0.39, 0.29) is 5.91 Å². The summed E-state index contributed by atoms with van der Waals surface area (Å²) in [5, 5.41) is 7.31. The summed E-state index contributed by atoms with van der Waals surface area (Å²) in [7, 11) is 1.90. The van der Waals surface area contributed by atoms with Crippen molar-refractivity contribution in [2.75, 3.05) is 7.05 Å². The molecule has 2 atom stereocenters. The molecule has 5 nitrogen and oxygen atoms in total. The number of piperidine rings is 1. The van der Waals surface area contributed by atoms with Gasteiger partial charge in [-0.1, -0.05) is 4.49 Å². The van der Waals surface area contributed by atoms with E-state index in [2.05, 4.69) is 14.9 Å². The summed E-state index contributed by atoms with van der Waals surface area (Å²) in [5.74, 6) is 0.0614. The van der Waals surface area contributed by atoms with E-state index >= 15 is 0 Å². The summed E-state index contributed by atoms with van der Waals surface area (Å²) in [5.41, 5.74) is 0. The summed E-state index contributed by atoms with van der Waals surface area (Å²) in [6.07, 6.45) is 6.21. The van der Waals surface area contributed by atoms with Crippen LogP contribution in [-0.2, 0) is 0 Å². The normalized spacial score (nSPS) is 31.5. The lowest BCUT2D eigenvalue weighted by Crippen LogP contribution is -2.48. The number of carbonyl (C=O) groups excluding carboxylic acids is 1. The molecule has 2 aliphatic heterocycles. The van der Waals surface area contributed by atoms with E-state index in [1.165, 1.54) is 24.4 Å². The van der Waals surface area contributed by atoms with E-state index in [9.17, 15) is 4.79 Å². The van der Waals surface area contributed by atoms with E-state index < -0.39 is 0 Å². The Morgan fingerprint density at radius 2 is 2.18 bits per heavy atom. The van der Waals surface area contributed by atoms with Crippen molar-refractivity contribution < 1.29 is 4.79 Å². The number of carbonyl (C=O) groups is 1. The highest BCUT2D eigenvalue weighted by Gasteiger charge is 2.36. The molecule has 1 aromatic heterocycles. The van der Waals surface area contributed by atoms with Crippen LogP contribution in [0.2, 0.25) is 0 Å². The van der Waals surface area contributed by atoms with E-state index in [4.69, 9.17) is 0 Å². The molecule has 0 aliphatic carbocycles. The van der Waals surface area contributed by atoms with Gasteiger partial charge in [-0.15, -0.1) is 5.10 Å². The second-order valence-corrected chi connectivity index (χ2v) is 5.75. The number of amides is 1. The summed E-state index contributed by atoms with van der Waals surface area (Å²) in [6, 6.07) is 1.57. The Balaban J connectivity index is 1.70. The second-order valence-electron chi connectivity index (χ2n) is 4.96. The molecule has 0 spiro atoms. The Bertz CT molecular complexity index is 396. The molecule has 1 aromatic rings. The Morgan fingerprint density at radius 1 is 1.47 bits per heavy atom. The molecule has 0 saturated carbocycles. The standard InChI is InChI=1S/C11H16N4OS/c1-15(11(16)10-6-12-14-17-10)9-4-7-2-3-8(5-9)13-7/h6-9,13H,2-5H2,1H3.